The Morgan fingerprint density at radius 1 is 1.32 bits per heavy atom. The lowest BCUT2D eigenvalue weighted by Gasteiger charge is -2.21. The normalized spacial score (nSPS) is 22.5. The molecule has 0 saturated carbocycles. The van der Waals surface area contributed by atoms with E-state index in [2.05, 4.69) is 5.32 Å². The van der Waals surface area contributed by atoms with E-state index in [4.69, 9.17) is 4.74 Å². The van der Waals surface area contributed by atoms with Gasteiger partial charge in [-0.2, -0.15) is 0 Å². The van der Waals surface area contributed by atoms with Gasteiger partial charge in [0.15, 0.2) is 5.75 Å². The minimum Gasteiger partial charge on any atom is -0.487 e. The molecule has 2 aliphatic heterocycles. The van der Waals surface area contributed by atoms with Crippen LogP contribution in [0.1, 0.15) is 30.1 Å². The Balaban J connectivity index is 0.00000225. The second-order valence-electron chi connectivity index (χ2n) is 6.42. The lowest BCUT2D eigenvalue weighted by atomic mass is 9.92. The second-order valence-corrected chi connectivity index (χ2v) is 6.42. The van der Waals surface area contributed by atoms with Crippen molar-refractivity contribution < 1.29 is 14.5 Å². The number of nitro groups is 1. The maximum absolute atomic E-state index is 12.8. The number of rotatable bonds is 4. The fraction of sp³-hybridized carbons (Fsp3) is 0.588. The number of hydrogen-bond acceptors (Lipinski definition) is 5. The molecule has 0 aliphatic carbocycles. The summed E-state index contributed by atoms with van der Waals surface area (Å²) in [6, 6.07) is 4.47. The molecule has 2 heterocycles. The van der Waals surface area contributed by atoms with Gasteiger partial charge in [-0.25, -0.2) is 0 Å². The summed E-state index contributed by atoms with van der Waals surface area (Å²) >= 11 is 0. The van der Waals surface area contributed by atoms with E-state index < -0.39 is 4.92 Å². The molecule has 0 spiro atoms. The standard InChI is InChI=1S/C17H23N3O4.ClH/c1-2-24-16-4-3-12(9-15(16)20(22)23)17(21)19-7-5-13-10-18-11-14(13)6-8-19;/h3-4,9,13-14,18H,2,5-8,10-11H2,1H3;1H/t13-,14+;. The van der Waals surface area contributed by atoms with E-state index in [1.165, 1.54) is 12.1 Å². The fourth-order valence-corrected chi connectivity index (χ4v) is 3.67. The molecule has 2 aliphatic rings. The van der Waals surface area contributed by atoms with E-state index in [0.29, 0.717) is 37.1 Å². The molecule has 2 fully saturated rings. The average molecular weight is 370 g/mol. The molecule has 25 heavy (non-hydrogen) atoms. The Kier molecular flexibility index (Phi) is 6.61. The Labute approximate surface area is 153 Å². The zero-order valence-corrected chi connectivity index (χ0v) is 15.1. The summed E-state index contributed by atoms with van der Waals surface area (Å²) in [7, 11) is 0. The van der Waals surface area contributed by atoms with Crippen LogP contribution in [0.5, 0.6) is 5.75 Å². The summed E-state index contributed by atoms with van der Waals surface area (Å²) in [6.07, 6.45) is 1.98. The second kappa shape index (κ2) is 8.49. The number of nitrogens with one attached hydrogen (secondary N) is 1. The third kappa shape index (κ3) is 4.22. The van der Waals surface area contributed by atoms with E-state index in [1.54, 1.807) is 13.0 Å². The van der Waals surface area contributed by atoms with Gasteiger partial charge >= 0.3 is 5.69 Å². The molecule has 1 amide bonds. The zero-order valence-electron chi connectivity index (χ0n) is 14.3. The first-order valence-corrected chi connectivity index (χ1v) is 8.51. The van der Waals surface area contributed by atoms with Gasteiger partial charge in [-0.3, -0.25) is 14.9 Å². The summed E-state index contributed by atoms with van der Waals surface area (Å²) in [5.74, 6) is 1.35. The van der Waals surface area contributed by atoms with Gasteiger partial charge in [-0.1, -0.05) is 0 Å². The number of nitro benzene ring substituents is 1. The number of amides is 1. The molecule has 2 saturated heterocycles. The smallest absolute Gasteiger partial charge is 0.311 e. The summed E-state index contributed by atoms with van der Waals surface area (Å²) in [4.78, 5) is 25.3. The van der Waals surface area contributed by atoms with Gasteiger partial charge in [0.05, 0.1) is 11.5 Å². The van der Waals surface area contributed by atoms with Crippen LogP contribution in [0.3, 0.4) is 0 Å². The minimum absolute atomic E-state index is 0. The molecule has 7 nitrogen and oxygen atoms in total. The fourth-order valence-electron chi connectivity index (χ4n) is 3.67. The Hall–Kier alpha value is -1.86. The molecule has 3 rings (SSSR count). The molecular formula is C17H24ClN3O4. The molecule has 8 heteroatoms. The van der Waals surface area contributed by atoms with Gasteiger partial charge in [-0.15, -0.1) is 12.4 Å². The van der Waals surface area contributed by atoms with Crippen LogP contribution in [0.25, 0.3) is 0 Å². The van der Waals surface area contributed by atoms with Gasteiger partial charge in [0.25, 0.3) is 5.91 Å². The number of carbonyl (C=O) groups excluding carboxylic acids is 1. The van der Waals surface area contributed by atoms with Crippen molar-refractivity contribution in [2.24, 2.45) is 11.8 Å². The van der Waals surface area contributed by atoms with E-state index in [0.717, 1.165) is 25.9 Å². The molecule has 0 unspecified atom stereocenters. The van der Waals surface area contributed by atoms with E-state index in [1.807, 2.05) is 4.90 Å². The van der Waals surface area contributed by atoms with Gasteiger partial charge in [0.2, 0.25) is 0 Å². The van der Waals surface area contributed by atoms with Crippen LogP contribution in [0.2, 0.25) is 0 Å². The van der Waals surface area contributed by atoms with Gasteiger partial charge in [-0.05, 0) is 56.8 Å². The molecule has 0 radical (unpaired) electrons. The number of halogens is 1. The highest BCUT2D eigenvalue weighted by molar-refractivity contribution is 5.95. The van der Waals surface area contributed by atoms with Crippen molar-refractivity contribution in [1.29, 1.82) is 0 Å². The van der Waals surface area contributed by atoms with Crippen molar-refractivity contribution in [3.8, 4) is 5.75 Å². The highest BCUT2D eigenvalue weighted by Gasteiger charge is 2.32. The summed E-state index contributed by atoms with van der Waals surface area (Å²) in [5, 5.41) is 14.6. The molecule has 0 aromatic heterocycles. The minimum atomic E-state index is -0.500. The maximum atomic E-state index is 12.8. The van der Waals surface area contributed by atoms with Crippen molar-refractivity contribution in [3.05, 3.63) is 33.9 Å². The lowest BCUT2D eigenvalue weighted by molar-refractivity contribution is -0.385. The Morgan fingerprint density at radius 2 is 1.96 bits per heavy atom. The van der Waals surface area contributed by atoms with Crippen LogP contribution in [0.15, 0.2) is 18.2 Å². The number of likely N-dealkylation sites (tertiary alicyclic amines) is 1. The molecule has 0 bridgehead atoms. The third-order valence-electron chi connectivity index (χ3n) is 5.01. The van der Waals surface area contributed by atoms with Crippen LogP contribution < -0.4 is 10.1 Å². The first-order chi connectivity index (χ1) is 11.6. The molecule has 1 aromatic rings. The van der Waals surface area contributed by atoms with Crippen molar-refractivity contribution in [2.45, 2.75) is 19.8 Å². The first-order valence-electron chi connectivity index (χ1n) is 8.51. The largest absolute Gasteiger partial charge is 0.487 e. The molecule has 1 N–H and O–H groups in total. The average Bonchev–Trinajstić information content (AvgIpc) is 2.93. The maximum Gasteiger partial charge on any atom is 0.311 e. The molecule has 1 aromatic carbocycles. The van der Waals surface area contributed by atoms with Crippen molar-refractivity contribution in [1.82, 2.24) is 10.2 Å². The Bertz CT molecular complexity index is 626. The highest BCUT2D eigenvalue weighted by Crippen LogP contribution is 2.30. The SMILES string of the molecule is CCOc1ccc(C(=O)N2CC[C@@H]3CNC[C@@H]3CC2)cc1[N+](=O)[O-].Cl. The van der Waals surface area contributed by atoms with Crippen LogP contribution >= 0.6 is 12.4 Å². The molecule has 2 atom stereocenters. The van der Waals surface area contributed by atoms with Crippen molar-refractivity contribution in [2.75, 3.05) is 32.8 Å². The number of ether oxygens (including phenoxy) is 1. The third-order valence-corrected chi connectivity index (χ3v) is 5.01. The quantitative estimate of drug-likeness (QED) is 0.651. The van der Waals surface area contributed by atoms with E-state index in [9.17, 15) is 14.9 Å². The van der Waals surface area contributed by atoms with Crippen LogP contribution in [-0.2, 0) is 0 Å². The summed E-state index contributed by atoms with van der Waals surface area (Å²) in [6.45, 7) is 5.59. The molecule has 138 valence electrons. The van der Waals surface area contributed by atoms with Crippen molar-refractivity contribution in [3.63, 3.8) is 0 Å². The first kappa shape index (κ1) is 19.5. The predicted molar refractivity (Wildman–Crippen MR) is 96.5 cm³/mol. The number of fused-ring (bicyclic) bond motifs is 1. The monoisotopic (exact) mass is 369 g/mol. The number of hydrogen-bond donors (Lipinski definition) is 1. The van der Waals surface area contributed by atoms with Gasteiger partial charge in [0, 0.05) is 24.7 Å². The van der Waals surface area contributed by atoms with Crippen LogP contribution in [-0.4, -0.2) is 48.5 Å². The summed E-state index contributed by atoms with van der Waals surface area (Å²) < 4.78 is 5.28. The topological polar surface area (TPSA) is 84.7 Å². The van der Waals surface area contributed by atoms with Gasteiger partial charge < -0.3 is 15.0 Å². The summed E-state index contributed by atoms with van der Waals surface area (Å²) in [5.41, 5.74) is 0.203. The van der Waals surface area contributed by atoms with Gasteiger partial charge in [0.1, 0.15) is 0 Å². The van der Waals surface area contributed by atoms with Crippen LogP contribution in [0, 0.1) is 22.0 Å². The highest BCUT2D eigenvalue weighted by atomic mass is 35.5. The van der Waals surface area contributed by atoms with Crippen molar-refractivity contribution >= 4 is 24.0 Å². The number of benzene rings is 1. The lowest BCUT2D eigenvalue weighted by Crippen LogP contribution is -2.32. The van der Waals surface area contributed by atoms with Crippen LogP contribution in [0.4, 0.5) is 5.69 Å². The predicted octanol–water partition coefficient (Wildman–Crippen LogP) is 2.49. The van der Waals surface area contributed by atoms with E-state index >= 15 is 0 Å². The Morgan fingerprint density at radius 3 is 2.52 bits per heavy atom. The molecular weight excluding hydrogens is 346 g/mol. The number of carbonyl (C=O) groups is 1. The zero-order chi connectivity index (χ0) is 17.1. The number of nitrogens with zero attached hydrogens (tertiary/aromatic N) is 2. The van der Waals surface area contributed by atoms with E-state index in [-0.39, 0.29) is 29.8 Å².